The third-order valence-corrected chi connectivity index (χ3v) is 14.4. The summed E-state index contributed by atoms with van der Waals surface area (Å²) in [5.74, 6) is 0. The maximum absolute atomic E-state index is 3.93. The van der Waals surface area contributed by atoms with Crippen molar-refractivity contribution in [3.63, 3.8) is 0 Å². The minimum Gasteiger partial charge on any atom is -1.00 e. The van der Waals surface area contributed by atoms with E-state index in [1.165, 1.54) is 12.8 Å². The predicted octanol–water partition coefficient (Wildman–Crippen LogP) is -3.26. The molecule has 1 unspecified atom stereocenters. The average molecular weight is 315 g/mol. The summed E-state index contributed by atoms with van der Waals surface area (Å²) in [5, 5.41) is 0. The topological polar surface area (TPSA) is 12.0 Å². The Labute approximate surface area is 120 Å². The smallest absolute Gasteiger partial charge is 1.00 e. The molecular formula is C11H22Cl2NSiTi. The quantitative estimate of drug-likeness (QED) is 0.526. The summed E-state index contributed by atoms with van der Waals surface area (Å²) in [5.41, 5.74) is 0. The van der Waals surface area contributed by atoms with Gasteiger partial charge in [-0.15, -0.1) is 0 Å². The zero-order valence-corrected chi connectivity index (χ0v) is 14.8. The molecule has 0 heterocycles. The second-order valence-corrected chi connectivity index (χ2v) is 17.2. The van der Waals surface area contributed by atoms with Gasteiger partial charge in [-0.1, -0.05) is 0 Å². The van der Waals surface area contributed by atoms with Crippen molar-refractivity contribution in [2.24, 2.45) is 0 Å². The van der Waals surface area contributed by atoms with Crippen LogP contribution in [-0.4, -0.2) is 12.7 Å². The van der Waals surface area contributed by atoms with Crippen LogP contribution in [-0.2, 0) is 17.4 Å². The van der Waals surface area contributed by atoms with Crippen LogP contribution in [0.3, 0.4) is 0 Å². The Morgan fingerprint density at radius 2 is 2.06 bits per heavy atom. The van der Waals surface area contributed by atoms with Gasteiger partial charge < -0.3 is 24.8 Å². The molecule has 1 N–H and O–H groups in total. The Balaban J connectivity index is 0. The summed E-state index contributed by atoms with van der Waals surface area (Å²) in [6, 6.07) is 0.724. The minimum absolute atomic E-state index is 0. The molecule has 1 rings (SSSR count). The Bertz CT molecular complexity index is 244. The van der Waals surface area contributed by atoms with Gasteiger partial charge >= 0.3 is 95.8 Å². The van der Waals surface area contributed by atoms with Crippen molar-refractivity contribution in [3.8, 4) is 0 Å². The number of hydrogen-bond donors (Lipinski definition) is 1. The van der Waals surface area contributed by atoms with E-state index in [0.717, 1.165) is 6.04 Å². The van der Waals surface area contributed by atoms with E-state index in [-0.39, 0.29) is 24.8 Å². The van der Waals surface area contributed by atoms with Crippen LogP contribution in [0.1, 0.15) is 26.7 Å². The third-order valence-electron chi connectivity index (χ3n) is 2.71. The molecule has 1 atom stereocenters. The van der Waals surface area contributed by atoms with Gasteiger partial charge in [0.1, 0.15) is 0 Å². The summed E-state index contributed by atoms with van der Waals surface area (Å²) in [6.45, 7) is 9.15. The van der Waals surface area contributed by atoms with E-state index in [1.54, 1.807) is 3.88 Å². The Morgan fingerprint density at radius 1 is 1.44 bits per heavy atom. The van der Waals surface area contributed by atoms with Crippen LogP contribution in [0.15, 0.2) is 22.1 Å². The molecule has 0 aromatic heterocycles. The van der Waals surface area contributed by atoms with Crippen molar-refractivity contribution >= 4 is 6.66 Å². The average Bonchev–Trinajstić information content (AvgIpc) is 2.65. The van der Waals surface area contributed by atoms with Crippen molar-refractivity contribution in [1.29, 1.82) is 0 Å². The molecule has 0 aromatic rings. The fourth-order valence-corrected chi connectivity index (χ4v) is 12.2. The molecule has 1 nitrogen and oxygen atoms in total. The van der Waals surface area contributed by atoms with Gasteiger partial charge in [-0.3, -0.25) is 0 Å². The van der Waals surface area contributed by atoms with Gasteiger partial charge in [0, 0.05) is 0 Å². The van der Waals surface area contributed by atoms with Crippen molar-refractivity contribution < 1.29 is 42.2 Å². The SMILES string of the molecule is CCC(C)[NH][Ti+2]([C]1=CC=CC1)[SiH](C)C.[Cl-].[Cl-]. The minimum atomic E-state index is -1.04. The first kappa shape index (κ1) is 19.3. The Morgan fingerprint density at radius 3 is 2.44 bits per heavy atom. The van der Waals surface area contributed by atoms with Crippen LogP contribution in [0, 0.1) is 0 Å². The van der Waals surface area contributed by atoms with Gasteiger partial charge in [-0.2, -0.15) is 0 Å². The summed E-state index contributed by atoms with van der Waals surface area (Å²) < 4.78 is 5.70. The number of allylic oxidation sites excluding steroid dienone is 4. The van der Waals surface area contributed by atoms with E-state index in [0.29, 0.717) is 0 Å². The monoisotopic (exact) mass is 314 g/mol. The largest absolute Gasteiger partial charge is 1.00 e. The zero-order valence-electron chi connectivity index (χ0n) is 10.6. The summed E-state index contributed by atoms with van der Waals surface area (Å²) in [4.78, 5) is 0. The van der Waals surface area contributed by atoms with Crippen LogP contribution < -0.4 is 28.6 Å². The van der Waals surface area contributed by atoms with Crippen molar-refractivity contribution in [2.45, 2.75) is 45.8 Å². The molecule has 0 aromatic carbocycles. The van der Waals surface area contributed by atoms with Gasteiger partial charge in [0.2, 0.25) is 0 Å². The standard InChI is InChI=1S/C5H5.C4H10N.C2H7Si.2ClH.Ti/c1-2-4-5-3-1;1-3-4(2)5;1-3-2;;;/h1-3H,4H2;4-5H,3H2,1-2H3;3H,1-2H3;2*1H;/q;-1;;;;+3/p-2. The van der Waals surface area contributed by atoms with E-state index in [9.17, 15) is 0 Å². The molecule has 16 heavy (non-hydrogen) atoms. The Kier molecular flexibility index (Phi) is 12.0. The predicted molar refractivity (Wildman–Crippen MR) is 63.6 cm³/mol. The number of hydrogen-bond acceptors (Lipinski definition) is 1. The molecule has 0 aliphatic heterocycles. The van der Waals surface area contributed by atoms with Crippen LogP contribution >= 0.6 is 0 Å². The van der Waals surface area contributed by atoms with Crippen LogP contribution in [0.2, 0.25) is 13.1 Å². The second-order valence-electron chi connectivity index (χ2n) is 4.35. The molecule has 0 fully saturated rings. The normalized spacial score (nSPS) is 15.2. The van der Waals surface area contributed by atoms with Crippen LogP contribution in [0.25, 0.3) is 0 Å². The fraction of sp³-hybridized carbons (Fsp3) is 0.636. The van der Waals surface area contributed by atoms with Gasteiger partial charge in [0.25, 0.3) is 0 Å². The maximum atomic E-state index is 3.93. The van der Waals surface area contributed by atoms with Gasteiger partial charge in [-0.25, -0.2) is 0 Å². The first-order chi connectivity index (χ1) is 6.65. The summed E-state index contributed by atoms with van der Waals surface area (Å²) >= 11 is -1.04. The van der Waals surface area contributed by atoms with Crippen molar-refractivity contribution in [2.75, 3.05) is 0 Å². The third kappa shape index (κ3) is 6.04. The van der Waals surface area contributed by atoms with Crippen LogP contribution in [0.5, 0.6) is 0 Å². The molecular weight excluding hydrogens is 293 g/mol. The number of nitrogens with one attached hydrogen (secondary N) is 1. The van der Waals surface area contributed by atoms with Gasteiger partial charge in [0.05, 0.1) is 0 Å². The zero-order chi connectivity index (χ0) is 10.6. The molecule has 0 amide bonds. The first-order valence-electron chi connectivity index (χ1n) is 5.64. The fourth-order valence-electron chi connectivity index (χ4n) is 1.64. The van der Waals surface area contributed by atoms with Crippen molar-refractivity contribution in [1.82, 2.24) is 3.80 Å². The second kappa shape index (κ2) is 9.93. The molecule has 1 aliphatic rings. The number of halogens is 2. The van der Waals surface area contributed by atoms with E-state index in [4.69, 9.17) is 0 Å². The van der Waals surface area contributed by atoms with Gasteiger partial charge in [-0.05, 0) is 0 Å². The molecule has 0 radical (unpaired) electrons. The molecule has 0 saturated carbocycles. The molecule has 1 aliphatic carbocycles. The van der Waals surface area contributed by atoms with E-state index in [2.05, 4.69) is 49.0 Å². The molecule has 93 valence electrons. The van der Waals surface area contributed by atoms with E-state index >= 15 is 0 Å². The molecule has 0 spiro atoms. The Hall–Kier alpha value is 0.951. The first-order valence-corrected chi connectivity index (χ1v) is 12.8. The molecule has 0 saturated heterocycles. The molecule has 5 heteroatoms. The van der Waals surface area contributed by atoms with Crippen molar-refractivity contribution in [3.05, 3.63) is 22.1 Å². The molecule has 0 bridgehead atoms. The van der Waals surface area contributed by atoms with E-state index < -0.39 is 24.0 Å². The van der Waals surface area contributed by atoms with Gasteiger partial charge in [0.15, 0.2) is 0 Å². The van der Waals surface area contributed by atoms with E-state index in [1.807, 2.05) is 0 Å². The van der Waals surface area contributed by atoms with Crippen LogP contribution in [0.4, 0.5) is 0 Å². The maximum Gasteiger partial charge on any atom is -1.00 e. The summed E-state index contributed by atoms with van der Waals surface area (Å²) in [6.07, 6.45) is 9.41. The summed E-state index contributed by atoms with van der Waals surface area (Å²) in [7, 11) is 0. The number of rotatable bonds is 5.